The first-order valence-electron chi connectivity index (χ1n) is 5.02. The predicted octanol–water partition coefficient (Wildman–Crippen LogP) is 2.83. The second-order valence-corrected chi connectivity index (χ2v) is 3.51. The van der Waals surface area contributed by atoms with Gasteiger partial charge in [-0.25, -0.2) is 0 Å². The molecule has 0 saturated heterocycles. The van der Waals surface area contributed by atoms with Gasteiger partial charge < -0.3 is 4.74 Å². The number of alkyl halides is 3. The SMILES string of the molecule is N#CCc1ccc(OCC(C#N)C(F)(F)F)cc1. The lowest BCUT2D eigenvalue weighted by Gasteiger charge is -2.14. The first-order chi connectivity index (χ1) is 8.47. The van der Waals surface area contributed by atoms with Gasteiger partial charge in [-0.3, -0.25) is 0 Å². The molecule has 0 radical (unpaired) electrons. The van der Waals surface area contributed by atoms with Crippen LogP contribution in [0, 0.1) is 28.6 Å². The molecule has 1 rings (SSSR count). The zero-order valence-electron chi connectivity index (χ0n) is 9.24. The third kappa shape index (κ3) is 3.99. The summed E-state index contributed by atoms with van der Waals surface area (Å²) in [4.78, 5) is 0. The third-order valence-corrected chi connectivity index (χ3v) is 2.17. The molecule has 1 aromatic rings. The van der Waals surface area contributed by atoms with E-state index in [0.717, 1.165) is 11.6 Å². The van der Waals surface area contributed by atoms with E-state index in [4.69, 9.17) is 15.3 Å². The summed E-state index contributed by atoms with van der Waals surface area (Å²) in [6, 6.07) is 9.22. The average Bonchev–Trinajstić information content (AvgIpc) is 2.30. The Balaban J connectivity index is 2.59. The molecule has 0 aromatic heterocycles. The molecular formula is C12H9F3N2O. The van der Waals surface area contributed by atoms with Crippen molar-refractivity contribution >= 4 is 0 Å². The second kappa shape index (κ2) is 5.92. The van der Waals surface area contributed by atoms with Gasteiger partial charge in [0.2, 0.25) is 0 Å². The minimum absolute atomic E-state index is 0.226. The van der Waals surface area contributed by atoms with Gasteiger partial charge in [0.1, 0.15) is 12.4 Å². The predicted molar refractivity (Wildman–Crippen MR) is 56.4 cm³/mol. The second-order valence-electron chi connectivity index (χ2n) is 3.51. The Kier molecular flexibility index (Phi) is 4.56. The summed E-state index contributed by atoms with van der Waals surface area (Å²) in [7, 11) is 0. The Hall–Kier alpha value is -2.21. The number of ether oxygens (including phenoxy) is 1. The standard InChI is InChI=1S/C12H9F3N2O/c13-12(14,15)10(7-17)8-18-11-3-1-9(2-4-11)5-6-16/h1-4,10H,5,8H2. The summed E-state index contributed by atoms with van der Waals surface area (Å²) in [5, 5.41) is 16.8. The largest absolute Gasteiger partial charge is 0.492 e. The normalized spacial score (nSPS) is 12.3. The number of hydrogen-bond donors (Lipinski definition) is 0. The van der Waals surface area contributed by atoms with Gasteiger partial charge in [0.05, 0.1) is 18.6 Å². The first kappa shape index (κ1) is 13.9. The maximum atomic E-state index is 12.2. The highest BCUT2D eigenvalue weighted by molar-refractivity contribution is 5.28. The lowest BCUT2D eigenvalue weighted by Crippen LogP contribution is -2.27. The summed E-state index contributed by atoms with van der Waals surface area (Å²) in [5.74, 6) is -1.91. The van der Waals surface area contributed by atoms with Crippen LogP contribution in [-0.4, -0.2) is 12.8 Å². The van der Waals surface area contributed by atoms with Gasteiger partial charge in [-0.1, -0.05) is 12.1 Å². The molecule has 3 nitrogen and oxygen atoms in total. The lowest BCUT2D eigenvalue weighted by molar-refractivity contribution is -0.165. The van der Waals surface area contributed by atoms with Crippen LogP contribution in [-0.2, 0) is 6.42 Å². The minimum Gasteiger partial charge on any atom is -0.492 e. The Morgan fingerprint density at radius 3 is 2.22 bits per heavy atom. The van der Waals surface area contributed by atoms with Gasteiger partial charge in [-0.15, -0.1) is 0 Å². The van der Waals surface area contributed by atoms with Gasteiger partial charge in [0.15, 0.2) is 5.92 Å². The lowest BCUT2D eigenvalue weighted by atomic mass is 10.1. The molecular weight excluding hydrogens is 245 g/mol. The molecule has 0 fully saturated rings. The molecule has 0 spiro atoms. The van der Waals surface area contributed by atoms with E-state index >= 15 is 0 Å². The summed E-state index contributed by atoms with van der Waals surface area (Å²) >= 11 is 0. The summed E-state index contributed by atoms with van der Waals surface area (Å²) < 4.78 is 41.6. The summed E-state index contributed by atoms with van der Waals surface area (Å²) in [6.07, 6.45) is -4.36. The highest BCUT2D eigenvalue weighted by atomic mass is 19.4. The van der Waals surface area contributed by atoms with Crippen LogP contribution in [0.25, 0.3) is 0 Å². The van der Waals surface area contributed by atoms with Gasteiger partial charge in [-0.2, -0.15) is 23.7 Å². The molecule has 1 unspecified atom stereocenters. The van der Waals surface area contributed by atoms with Crippen molar-refractivity contribution in [3.05, 3.63) is 29.8 Å². The molecule has 6 heteroatoms. The molecule has 0 aliphatic rings. The minimum atomic E-state index is -4.59. The van der Waals surface area contributed by atoms with Crippen LogP contribution in [0.4, 0.5) is 13.2 Å². The van der Waals surface area contributed by atoms with Crippen molar-refractivity contribution in [2.24, 2.45) is 5.92 Å². The molecule has 0 N–H and O–H groups in total. The summed E-state index contributed by atoms with van der Waals surface area (Å²) in [5.41, 5.74) is 0.748. The molecule has 0 aliphatic heterocycles. The van der Waals surface area contributed by atoms with Crippen molar-refractivity contribution in [2.75, 3.05) is 6.61 Å². The number of benzene rings is 1. The van der Waals surface area contributed by atoms with Crippen molar-refractivity contribution in [3.63, 3.8) is 0 Å². The third-order valence-electron chi connectivity index (χ3n) is 2.17. The Bertz CT molecular complexity index is 468. The van der Waals surface area contributed by atoms with Crippen LogP contribution in [0.2, 0.25) is 0 Å². The van der Waals surface area contributed by atoms with E-state index in [1.807, 2.05) is 6.07 Å². The number of nitriles is 2. The molecule has 1 aromatic carbocycles. The van der Waals surface area contributed by atoms with E-state index in [-0.39, 0.29) is 12.2 Å². The molecule has 0 bridgehead atoms. The Morgan fingerprint density at radius 1 is 1.17 bits per heavy atom. The topological polar surface area (TPSA) is 56.8 Å². The fourth-order valence-electron chi connectivity index (χ4n) is 1.18. The zero-order chi connectivity index (χ0) is 13.6. The van der Waals surface area contributed by atoms with Crippen LogP contribution in [0.1, 0.15) is 5.56 Å². The Morgan fingerprint density at radius 2 is 1.78 bits per heavy atom. The van der Waals surface area contributed by atoms with Gasteiger partial charge >= 0.3 is 6.18 Å². The van der Waals surface area contributed by atoms with Crippen LogP contribution in [0.5, 0.6) is 5.75 Å². The zero-order valence-corrected chi connectivity index (χ0v) is 9.24. The quantitative estimate of drug-likeness (QED) is 0.830. The van der Waals surface area contributed by atoms with E-state index in [0.29, 0.717) is 0 Å². The van der Waals surface area contributed by atoms with Crippen molar-refractivity contribution in [1.29, 1.82) is 10.5 Å². The van der Waals surface area contributed by atoms with Crippen molar-refractivity contribution in [1.82, 2.24) is 0 Å². The number of halogens is 3. The summed E-state index contributed by atoms with van der Waals surface area (Å²) in [6.45, 7) is -0.738. The van der Waals surface area contributed by atoms with E-state index in [9.17, 15) is 13.2 Å². The fraction of sp³-hybridized carbons (Fsp3) is 0.333. The monoisotopic (exact) mass is 254 g/mol. The van der Waals surface area contributed by atoms with Crippen LogP contribution in [0.15, 0.2) is 24.3 Å². The number of nitrogens with zero attached hydrogens (tertiary/aromatic N) is 2. The highest BCUT2D eigenvalue weighted by Gasteiger charge is 2.40. The molecule has 94 valence electrons. The molecule has 18 heavy (non-hydrogen) atoms. The van der Waals surface area contributed by atoms with E-state index in [1.54, 1.807) is 12.1 Å². The van der Waals surface area contributed by atoms with Crippen molar-refractivity contribution < 1.29 is 17.9 Å². The van der Waals surface area contributed by atoms with Gasteiger partial charge in [0.25, 0.3) is 0 Å². The van der Waals surface area contributed by atoms with Crippen molar-refractivity contribution in [3.8, 4) is 17.9 Å². The van der Waals surface area contributed by atoms with Gasteiger partial charge in [0, 0.05) is 0 Å². The number of rotatable bonds is 4. The molecule has 0 aliphatic carbocycles. The molecule has 0 saturated carbocycles. The molecule has 0 amide bonds. The smallest absolute Gasteiger partial charge is 0.407 e. The Labute approximate surface area is 102 Å². The molecule has 1 atom stereocenters. The highest BCUT2D eigenvalue weighted by Crippen LogP contribution is 2.26. The molecule has 0 heterocycles. The van der Waals surface area contributed by atoms with Crippen LogP contribution in [0.3, 0.4) is 0 Å². The first-order valence-corrected chi connectivity index (χ1v) is 5.02. The van der Waals surface area contributed by atoms with Crippen LogP contribution < -0.4 is 4.74 Å². The fourth-order valence-corrected chi connectivity index (χ4v) is 1.18. The maximum Gasteiger partial charge on any atom is 0.407 e. The maximum absolute atomic E-state index is 12.2. The van der Waals surface area contributed by atoms with Crippen molar-refractivity contribution in [2.45, 2.75) is 12.6 Å². The average molecular weight is 254 g/mol. The van der Waals surface area contributed by atoms with E-state index in [1.165, 1.54) is 12.1 Å². The van der Waals surface area contributed by atoms with Crippen LogP contribution >= 0.6 is 0 Å². The van der Waals surface area contributed by atoms with E-state index < -0.39 is 18.7 Å². The number of hydrogen-bond acceptors (Lipinski definition) is 3. The van der Waals surface area contributed by atoms with Gasteiger partial charge in [-0.05, 0) is 17.7 Å². The van der Waals surface area contributed by atoms with E-state index in [2.05, 4.69) is 0 Å².